The lowest BCUT2D eigenvalue weighted by Gasteiger charge is -2.29. The zero-order valence-electron chi connectivity index (χ0n) is 18.8. The SMILES string of the molecule is CC(O)C(N)C(=O)NC(CC(N)=O)C(=O)NC(Cc1ccccc1)C(=O)N1CCCC1C(=O)O. The van der Waals surface area contributed by atoms with Gasteiger partial charge in [-0.3, -0.25) is 19.2 Å². The molecular formula is C22H31N5O7. The van der Waals surface area contributed by atoms with Crippen LogP contribution in [-0.2, 0) is 30.4 Å². The van der Waals surface area contributed by atoms with Crippen LogP contribution in [0.3, 0.4) is 0 Å². The Balaban J connectivity index is 2.26. The van der Waals surface area contributed by atoms with Crippen molar-refractivity contribution in [2.75, 3.05) is 6.54 Å². The standard InChI is InChI=1S/C22H31N5O7/c1-12(28)18(24)20(31)25-14(11-17(23)29)19(30)26-15(10-13-6-3-2-4-7-13)21(32)27-9-5-8-16(27)22(33)34/h2-4,6-7,12,14-16,18,28H,5,8-11,24H2,1H3,(H2,23,29)(H,25,31)(H,26,30)(H,33,34). The van der Waals surface area contributed by atoms with Crippen molar-refractivity contribution in [3.05, 3.63) is 35.9 Å². The second-order valence-corrected chi connectivity index (χ2v) is 8.28. The number of aliphatic hydroxyl groups is 1. The maximum Gasteiger partial charge on any atom is 0.326 e. The molecule has 0 spiro atoms. The molecule has 5 atom stereocenters. The van der Waals surface area contributed by atoms with Crippen LogP contribution in [0.2, 0.25) is 0 Å². The number of likely N-dealkylation sites (tertiary alicyclic amines) is 1. The van der Waals surface area contributed by atoms with Gasteiger partial charge in [0, 0.05) is 13.0 Å². The number of aliphatic hydroxyl groups excluding tert-OH is 1. The third-order valence-corrected chi connectivity index (χ3v) is 5.58. The topological polar surface area (TPSA) is 205 Å². The van der Waals surface area contributed by atoms with Crippen molar-refractivity contribution in [1.29, 1.82) is 0 Å². The second kappa shape index (κ2) is 12.1. The highest BCUT2D eigenvalue weighted by Gasteiger charge is 2.38. The average molecular weight is 478 g/mol. The fraction of sp³-hybridized carbons (Fsp3) is 0.500. The number of aliphatic carboxylic acids is 1. The van der Waals surface area contributed by atoms with Crippen LogP contribution in [0, 0.1) is 0 Å². The first-order valence-electron chi connectivity index (χ1n) is 10.9. The van der Waals surface area contributed by atoms with Crippen LogP contribution >= 0.6 is 0 Å². The Morgan fingerprint density at radius 3 is 2.26 bits per heavy atom. The normalized spacial score (nSPS) is 18.9. The Labute approximate surface area is 196 Å². The van der Waals surface area contributed by atoms with E-state index in [-0.39, 0.29) is 13.0 Å². The number of nitrogens with two attached hydrogens (primary N) is 2. The van der Waals surface area contributed by atoms with E-state index in [1.54, 1.807) is 30.3 Å². The number of nitrogens with zero attached hydrogens (tertiary/aromatic N) is 1. The van der Waals surface area contributed by atoms with Crippen molar-refractivity contribution in [2.24, 2.45) is 11.5 Å². The molecule has 1 saturated heterocycles. The van der Waals surface area contributed by atoms with E-state index in [4.69, 9.17) is 11.5 Å². The number of carbonyl (C=O) groups excluding carboxylic acids is 4. The second-order valence-electron chi connectivity index (χ2n) is 8.28. The summed E-state index contributed by atoms with van der Waals surface area (Å²) >= 11 is 0. The number of benzene rings is 1. The van der Waals surface area contributed by atoms with E-state index in [1.165, 1.54) is 11.8 Å². The van der Waals surface area contributed by atoms with Gasteiger partial charge in [0.2, 0.25) is 23.6 Å². The van der Waals surface area contributed by atoms with E-state index in [1.807, 2.05) is 0 Å². The molecule has 1 fully saturated rings. The van der Waals surface area contributed by atoms with Crippen LogP contribution in [0.4, 0.5) is 0 Å². The third kappa shape index (κ3) is 7.25. The Morgan fingerprint density at radius 2 is 1.71 bits per heavy atom. The molecule has 8 N–H and O–H groups in total. The molecule has 4 amide bonds. The van der Waals surface area contributed by atoms with Crippen LogP contribution in [0.25, 0.3) is 0 Å². The fourth-order valence-electron chi connectivity index (χ4n) is 3.71. The maximum absolute atomic E-state index is 13.3. The van der Waals surface area contributed by atoms with Gasteiger partial charge in [-0.1, -0.05) is 30.3 Å². The van der Waals surface area contributed by atoms with E-state index in [0.29, 0.717) is 18.4 Å². The Kier molecular flexibility index (Phi) is 9.51. The molecule has 12 heteroatoms. The van der Waals surface area contributed by atoms with Crippen LogP contribution in [0.5, 0.6) is 0 Å². The summed E-state index contributed by atoms with van der Waals surface area (Å²) in [6.45, 7) is 1.51. The molecule has 0 saturated carbocycles. The molecule has 1 aromatic carbocycles. The first-order valence-corrected chi connectivity index (χ1v) is 10.9. The van der Waals surface area contributed by atoms with Crippen molar-refractivity contribution in [2.45, 2.75) is 62.9 Å². The van der Waals surface area contributed by atoms with Gasteiger partial charge in [0.25, 0.3) is 0 Å². The number of rotatable bonds is 11. The van der Waals surface area contributed by atoms with Gasteiger partial charge in [0.15, 0.2) is 0 Å². The highest BCUT2D eigenvalue weighted by Crippen LogP contribution is 2.20. The van der Waals surface area contributed by atoms with Crippen molar-refractivity contribution in [3.8, 4) is 0 Å². The van der Waals surface area contributed by atoms with E-state index in [2.05, 4.69) is 10.6 Å². The minimum Gasteiger partial charge on any atom is -0.480 e. The van der Waals surface area contributed by atoms with Crippen LogP contribution in [-0.4, -0.2) is 81.5 Å². The van der Waals surface area contributed by atoms with Gasteiger partial charge in [-0.25, -0.2) is 4.79 Å². The van der Waals surface area contributed by atoms with E-state index < -0.39 is 66.3 Å². The largest absolute Gasteiger partial charge is 0.480 e. The molecule has 0 aliphatic carbocycles. The van der Waals surface area contributed by atoms with E-state index >= 15 is 0 Å². The van der Waals surface area contributed by atoms with Crippen LogP contribution < -0.4 is 22.1 Å². The molecule has 1 aliphatic rings. The molecule has 1 aliphatic heterocycles. The lowest BCUT2D eigenvalue weighted by molar-refractivity contribution is -0.149. The van der Waals surface area contributed by atoms with Gasteiger partial charge in [0.1, 0.15) is 24.2 Å². The number of hydrogen-bond donors (Lipinski definition) is 6. The van der Waals surface area contributed by atoms with Gasteiger partial charge >= 0.3 is 5.97 Å². The molecule has 186 valence electrons. The van der Waals surface area contributed by atoms with E-state index in [0.717, 1.165) is 0 Å². The zero-order chi connectivity index (χ0) is 25.4. The van der Waals surface area contributed by atoms with Crippen molar-refractivity contribution in [3.63, 3.8) is 0 Å². The quantitative estimate of drug-likeness (QED) is 0.207. The van der Waals surface area contributed by atoms with Gasteiger partial charge in [-0.2, -0.15) is 0 Å². The molecule has 34 heavy (non-hydrogen) atoms. The summed E-state index contributed by atoms with van der Waals surface area (Å²) < 4.78 is 0. The van der Waals surface area contributed by atoms with Gasteiger partial charge in [0.05, 0.1) is 12.5 Å². The first-order chi connectivity index (χ1) is 16.0. The minimum absolute atomic E-state index is 0.0542. The monoisotopic (exact) mass is 477 g/mol. The molecule has 0 bridgehead atoms. The van der Waals surface area contributed by atoms with E-state index in [9.17, 15) is 34.2 Å². The fourth-order valence-corrected chi connectivity index (χ4v) is 3.71. The summed E-state index contributed by atoms with van der Waals surface area (Å²) in [5.74, 6) is -4.37. The Hall–Kier alpha value is -3.51. The molecule has 1 heterocycles. The third-order valence-electron chi connectivity index (χ3n) is 5.58. The average Bonchev–Trinajstić information content (AvgIpc) is 3.27. The summed E-state index contributed by atoms with van der Waals surface area (Å²) in [6.07, 6.45) is -0.930. The number of primary amides is 1. The van der Waals surface area contributed by atoms with Gasteiger partial charge in [-0.05, 0) is 25.3 Å². The highest BCUT2D eigenvalue weighted by molar-refractivity contribution is 5.96. The highest BCUT2D eigenvalue weighted by atomic mass is 16.4. The summed E-state index contributed by atoms with van der Waals surface area (Å²) in [5, 5.41) is 23.8. The van der Waals surface area contributed by atoms with Crippen LogP contribution in [0.15, 0.2) is 30.3 Å². The predicted molar refractivity (Wildman–Crippen MR) is 120 cm³/mol. The lowest BCUT2D eigenvalue weighted by atomic mass is 10.0. The molecular weight excluding hydrogens is 446 g/mol. The number of amides is 4. The van der Waals surface area contributed by atoms with Crippen molar-refractivity contribution in [1.82, 2.24) is 15.5 Å². The summed E-state index contributed by atoms with van der Waals surface area (Å²) in [6, 6.07) is 3.81. The summed E-state index contributed by atoms with van der Waals surface area (Å²) in [7, 11) is 0. The minimum atomic E-state index is -1.45. The Morgan fingerprint density at radius 1 is 1.09 bits per heavy atom. The van der Waals surface area contributed by atoms with Gasteiger partial charge < -0.3 is 37.2 Å². The number of nitrogens with one attached hydrogen (secondary N) is 2. The van der Waals surface area contributed by atoms with Crippen LogP contribution in [0.1, 0.15) is 31.7 Å². The number of hydrogen-bond acceptors (Lipinski definition) is 7. The predicted octanol–water partition coefficient (Wildman–Crippen LogP) is -2.14. The molecule has 2 rings (SSSR count). The van der Waals surface area contributed by atoms with Crippen molar-refractivity contribution < 1.29 is 34.2 Å². The molecule has 0 aromatic heterocycles. The Bertz CT molecular complexity index is 908. The maximum atomic E-state index is 13.3. The number of carboxylic acid groups (broad SMARTS) is 1. The molecule has 0 radical (unpaired) electrons. The zero-order valence-corrected chi connectivity index (χ0v) is 18.8. The number of carboxylic acids is 1. The molecule has 12 nitrogen and oxygen atoms in total. The smallest absolute Gasteiger partial charge is 0.326 e. The molecule has 5 unspecified atom stereocenters. The number of carbonyl (C=O) groups is 5. The lowest BCUT2D eigenvalue weighted by Crippen LogP contribution is -2.59. The molecule has 1 aromatic rings. The van der Waals surface area contributed by atoms with Gasteiger partial charge in [-0.15, -0.1) is 0 Å². The summed E-state index contributed by atoms with van der Waals surface area (Å²) in [5.41, 5.74) is 11.5. The summed E-state index contributed by atoms with van der Waals surface area (Å²) in [4.78, 5) is 62.8. The van der Waals surface area contributed by atoms with Crippen molar-refractivity contribution >= 4 is 29.6 Å². The first kappa shape index (κ1) is 26.7.